The van der Waals surface area contributed by atoms with Gasteiger partial charge >= 0.3 is 0 Å². The lowest BCUT2D eigenvalue weighted by Gasteiger charge is -2.05. The van der Waals surface area contributed by atoms with Crippen molar-refractivity contribution >= 4 is 50.7 Å². The molecule has 1 aromatic carbocycles. The minimum absolute atomic E-state index is 0.174. The van der Waals surface area contributed by atoms with E-state index in [0.29, 0.717) is 20.8 Å². The number of benzene rings is 1. The number of nitrogens with zero attached hydrogens (tertiary/aromatic N) is 3. The van der Waals surface area contributed by atoms with Crippen LogP contribution in [0.15, 0.2) is 18.3 Å². The van der Waals surface area contributed by atoms with E-state index in [-0.39, 0.29) is 4.83 Å². The second-order valence-corrected chi connectivity index (χ2v) is 6.01. The third-order valence-corrected chi connectivity index (χ3v) is 4.57. The number of alkyl halides is 1. The van der Waals surface area contributed by atoms with Crippen molar-refractivity contribution in [3.8, 4) is 5.69 Å². The Hall–Kier alpha value is -0.290. The lowest BCUT2D eigenvalue weighted by molar-refractivity contribution is 0.790. The number of aromatic nitrogens is 3. The first-order chi connectivity index (χ1) is 8.52. The summed E-state index contributed by atoms with van der Waals surface area (Å²) < 4.78 is 1.59. The van der Waals surface area contributed by atoms with Gasteiger partial charge in [-0.2, -0.15) is 0 Å². The molecule has 18 heavy (non-hydrogen) atoms. The molecule has 1 unspecified atom stereocenters. The number of hydrogen-bond donors (Lipinski definition) is 0. The van der Waals surface area contributed by atoms with Gasteiger partial charge in [-0.3, -0.25) is 0 Å². The highest BCUT2D eigenvalue weighted by atomic mass is 79.9. The average Bonchev–Trinajstić information content (AvgIpc) is 2.82. The monoisotopic (exact) mass is 367 g/mol. The van der Waals surface area contributed by atoms with Crippen LogP contribution in [-0.4, -0.2) is 15.0 Å². The van der Waals surface area contributed by atoms with Gasteiger partial charge in [0, 0.05) is 0 Å². The lowest BCUT2D eigenvalue weighted by atomic mass is 10.3. The molecule has 7 heteroatoms. The molecule has 1 atom stereocenters. The molecule has 0 amide bonds. The first-order valence-electron chi connectivity index (χ1n) is 5.24. The van der Waals surface area contributed by atoms with Crippen molar-refractivity contribution in [1.29, 1.82) is 0 Å². The summed E-state index contributed by atoms with van der Waals surface area (Å²) in [6.45, 7) is 2.06. The Bertz CT molecular complexity index is 571. The Kier molecular flexibility index (Phi) is 4.54. The Morgan fingerprint density at radius 1 is 1.22 bits per heavy atom. The molecule has 0 aliphatic rings. The van der Waals surface area contributed by atoms with Crippen LogP contribution < -0.4 is 0 Å². The van der Waals surface area contributed by atoms with E-state index in [9.17, 15) is 0 Å². The van der Waals surface area contributed by atoms with Crippen molar-refractivity contribution < 1.29 is 0 Å². The van der Waals surface area contributed by atoms with Gasteiger partial charge in [0.25, 0.3) is 0 Å². The molecule has 2 rings (SSSR count). The average molecular weight is 369 g/mol. The molecule has 96 valence electrons. The van der Waals surface area contributed by atoms with Crippen molar-refractivity contribution in [2.45, 2.75) is 18.2 Å². The summed E-state index contributed by atoms with van der Waals surface area (Å²) in [5.41, 5.74) is 1.50. The minimum Gasteiger partial charge on any atom is -0.219 e. The quantitative estimate of drug-likeness (QED) is 0.558. The fraction of sp³-hybridized carbons (Fsp3) is 0.273. The predicted octanol–water partition coefficient (Wildman–Crippen LogP) is 5.07. The van der Waals surface area contributed by atoms with E-state index in [4.69, 9.17) is 34.8 Å². The van der Waals surface area contributed by atoms with Gasteiger partial charge in [-0.25, -0.2) is 4.68 Å². The molecule has 0 aliphatic heterocycles. The SMILES string of the molecule is CCC(Br)c1cn(-c2cc(Cl)c(Cl)cc2Cl)nn1. The van der Waals surface area contributed by atoms with E-state index < -0.39 is 0 Å². The van der Waals surface area contributed by atoms with Crippen LogP contribution in [0.5, 0.6) is 0 Å². The maximum atomic E-state index is 6.12. The molecule has 1 aromatic heterocycles. The highest BCUT2D eigenvalue weighted by molar-refractivity contribution is 9.09. The zero-order valence-corrected chi connectivity index (χ0v) is 13.2. The van der Waals surface area contributed by atoms with Crippen molar-refractivity contribution in [2.24, 2.45) is 0 Å². The van der Waals surface area contributed by atoms with E-state index in [1.54, 1.807) is 16.8 Å². The Morgan fingerprint density at radius 3 is 2.56 bits per heavy atom. The summed E-state index contributed by atoms with van der Waals surface area (Å²) in [5, 5.41) is 9.45. The first kappa shape index (κ1) is 14.1. The lowest BCUT2D eigenvalue weighted by Crippen LogP contribution is -1.96. The number of hydrogen-bond acceptors (Lipinski definition) is 2. The second kappa shape index (κ2) is 5.78. The zero-order chi connectivity index (χ0) is 13.3. The van der Waals surface area contributed by atoms with Crippen LogP contribution in [0.2, 0.25) is 15.1 Å². The zero-order valence-electron chi connectivity index (χ0n) is 9.37. The largest absolute Gasteiger partial charge is 0.219 e. The molecule has 0 N–H and O–H groups in total. The smallest absolute Gasteiger partial charge is 0.0967 e. The number of rotatable bonds is 3. The van der Waals surface area contributed by atoms with Crippen LogP contribution in [0.25, 0.3) is 5.69 Å². The van der Waals surface area contributed by atoms with Crippen molar-refractivity contribution in [3.05, 3.63) is 39.1 Å². The highest BCUT2D eigenvalue weighted by Crippen LogP contribution is 2.31. The Morgan fingerprint density at radius 2 is 1.89 bits per heavy atom. The maximum Gasteiger partial charge on any atom is 0.0967 e. The van der Waals surface area contributed by atoms with Crippen LogP contribution in [-0.2, 0) is 0 Å². The normalized spacial score (nSPS) is 12.7. The third kappa shape index (κ3) is 2.82. The van der Waals surface area contributed by atoms with E-state index in [2.05, 4.69) is 33.2 Å². The van der Waals surface area contributed by atoms with Crippen LogP contribution in [0.3, 0.4) is 0 Å². The maximum absolute atomic E-state index is 6.12. The van der Waals surface area contributed by atoms with Crippen LogP contribution in [0.1, 0.15) is 23.9 Å². The molecular formula is C11H9BrCl3N3. The minimum atomic E-state index is 0.174. The summed E-state index contributed by atoms with van der Waals surface area (Å²) in [5.74, 6) is 0. The summed E-state index contributed by atoms with van der Waals surface area (Å²) >= 11 is 21.5. The second-order valence-electron chi connectivity index (χ2n) is 3.68. The molecule has 1 heterocycles. The molecule has 0 aliphatic carbocycles. The summed E-state index contributed by atoms with van der Waals surface area (Å²) in [7, 11) is 0. The van der Waals surface area contributed by atoms with Gasteiger partial charge in [0.2, 0.25) is 0 Å². The summed E-state index contributed by atoms with van der Waals surface area (Å²) in [6.07, 6.45) is 2.74. The van der Waals surface area contributed by atoms with Gasteiger partial charge in [0.15, 0.2) is 0 Å². The van der Waals surface area contributed by atoms with Crippen molar-refractivity contribution in [2.75, 3.05) is 0 Å². The van der Waals surface area contributed by atoms with E-state index in [1.165, 1.54) is 0 Å². The molecular weight excluding hydrogens is 360 g/mol. The Labute approximate surface area is 128 Å². The molecule has 0 spiro atoms. The van der Waals surface area contributed by atoms with E-state index in [0.717, 1.165) is 12.1 Å². The van der Waals surface area contributed by atoms with Gasteiger partial charge in [-0.1, -0.05) is 62.9 Å². The summed E-state index contributed by atoms with van der Waals surface area (Å²) in [4.78, 5) is 0.174. The topological polar surface area (TPSA) is 30.7 Å². The van der Waals surface area contributed by atoms with Gasteiger partial charge < -0.3 is 0 Å². The third-order valence-electron chi connectivity index (χ3n) is 2.43. The van der Waals surface area contributed by atoms with Crippen molar-refractivity contribution in [1.82, 2.24) is 15.0 Å². The van der Waals surface area contributed by atoms with E-state index in [1.807, 2.05) is 6.20 Å². The molecule has 0 fully saturated rings. The van der Waals surface area contributed by atoms with Crippen LogP contribution in [0, 0.1) is 0 Å². The predicted molar refractivity (Wildman–Crippen MR) is 78.3 cm³/mol. The van der Waals surface area contributed by atoms with Gasteiger partial charge in [-0.15, -0.1) is 5.10 Å². The molecule has 3 nitrogen and oxygen atoms in total. The first-order valence-corrected chi connectivity index (χ1v) is 7.29. The summed E-state index contributed by atoms with van der Waals surface area (Å²) in [6, 6.07) is 3.26. The molecule has 0 bridgehead atoms. The van der Waals surface area contributed by atoms with Gasteiger partial charge in [0.1, 0.15) is 0 Å². The fourth-order valence-corrected chi connectivity index (χ4v) is 2.27. The standard InChI is InChI=1S/C11H9BrCl3N3/c1-2-6(12)10-5-18(17-16-10)11-4-8(14)7(13)3-9(11)15/h3-6H,2H2,1H3. The molecule has 0 saturated carbocycles. The van der Waals surface area contributed by atoms with Gasteiger partial charge in [0.05, 0.1) is 37.5 Å². The molecule has 2 aromatic rings. The number of halogens is 4. The molecule has 0 radical (unpaired) electrons. The van der Waals surface area contributed by atoms with Crippen molar-refractivity contribution in [3.63, 3.8) is 0 Å². The van der Waals surface area contributed by atoms with E-state index >= 15 is 0 Å². The van der Waals surface area contributed by atoms with Gasteiger partial charge in [-0.05, 0) is 18.6 Å². The van der Waals surface area contributed by atoms with Crippen LogP contribution >= 0.6 is 50.7 Å². The fourth-order valence-electron chi connectivity index (χ4n) is 1.43. The Balaban J connectivity index is 2.43. The highest BCUT2D eigenvalue weighted by Gasteiger charge is 2.13. The van der Waals surface area contributed by atoms with Crippen LogP contribution in [0.4, 0.5) is 0 Å². The molecule has 0 saturated heterocycles.